The lowest BCUT2D eigenvalue weighted by atomic mass is 10.2. The van der Waals surface area contributed by atoms with Crippen LogP contribution in [0, 0.1) is 0 Å². The fourth-order valence-corrected chi connectivity index (χ4v) is 2.49. The summed E-state index contributed by atoms with van der Waals surface area (Å²) in [6.45, 7) is -0.0363. The number of rotatable bonds is 8. The van der Waals surface area contributed by atoms with Gasteiger partial charge in [-0.2, -0.15) is 11.8 Å². The number of nitrogens with zero attached hydrogens (tertiary/aromatic N) is 1. The monoisotopic (exact) mass is 349 g/mol. The molecule has 8 heteroatoms. The van der Waals surface area contributed by atoms with Crippen molar-refractivity contribution in [2.45, 2.75) is 19.1 Å². The summed E-state index contributed by atoms with van der Waals surface area (Å²) < 4.78 is 10.4. The van der Waals surface area contributed by atoms with Crippen molar-refractivity contribution >= 4 is 23.8 Å². The topological polar surface area (TPSA) is 107 Å². The van der Waals surface area contributed by atoms with E-state index < -0.39 is 18.0 Å². The molecule has 0 aliphatic heterocycles. The Morgan fingerprint density at radius 2 is 2.12 bits per heavy atom. The molecule has 0 unspecified atom stereocenters. The highest BCUT2D eigenvalue weighted by Gasteiger charge is 2.21. The molecule has 0 saturated heterocycles. The van der Waals surface area contributed by atoms with E-state index >= 15 is 0 Å². The Bertz CT molecular complexity index is 675. The van der Waals surface area contributed by atoms with E-state index in [-0.39, 0.29) is 6.61 Å². The van der Waals surface area contributed by atoms with Gasteiger partial charge in [-0.25, -0.2) is 9.59 Å². The zero-order valence-corrected chi connectivity index (χ0v) is 14.0. The third-order valence-corrected chi connectivity index (χ3v) is 3.84. The Balaban J connectivity index is 1.92. The fraction of sp³-hybridized carbons (Fsp3) is 0.312. The van der Waals surface area contributed by atoms with Gasteiger partial charge in [0.1, 0.15) is 18.3 Å². The number of benzene rings is 1. The predicted octanol–water partition coefficient (Wildman–Crippen LogP) is 2.17. The first-order valence-corrected chi connectivity index (χ1v) is 8.72. The Morgan fingerprint density at radius 3 is 2.79 bits per heavy atom. The molecular weight excluding hydrogens is 330 g/mol. The summed E-state index contributed by atoms with van der Waals surface area (Å²) >= 11 is 1.56. The molecule has 2 amide bonds. The van der Waals surface area contributed by atoms with Crippen LogP contribution in [0.3, 0.4) is 0 Å². The van der Waals surface area contributed by atoms with Crippen LogP contribution in [0.4, 0.5) is 4.79 Å². The minimum Gasteiger partial charge on any atom is -0.458 e. The van der Waals surface area contributed by atoms with Crippen molar-refractivity contribution in [2.24, 2.45) is 5.73 Å². The van der Waals surface area contributed by atoms with Crippen LogP contribution < -0.4 is 11.1 Å². The van der Waals surface area contributed by atoms with Gasteiger partial charge >= 0.3 is 12.0 Å². The molecule has 1 aromatic carbocycles. The normalized spacial score (nSPS) is 11.7. The number of thioether (sulfide) groups is 1. The van der Waals surface area contributed by atoms with Crippen LogP contribution in [0.2, 0.25) is 0 Å². The van der Waals surface area contributed by atoms with Gasteiger partial charge in [-0.1, -0.05) is 35.5 Å². The number of hydrogen-bond acceptors (Lipinski definition) is 6. The third kappa shape index (κ3) is 5.31. The van der Waals surface area contributed by atoms with Gasteiger partial charge in [-0.3, -0.25) is 0 Å². The second-order valence-electron chi connectivity index (χ2n) is 5.00. The summed E-state index contributed by atoms with van der Waals surface area (Å²) in [6.07, 6.45) is 2.35. The van der Waals surface area contributed by atoms with E-state index in [1.807, 2.05) is 36.6 Å². The van der Waals surface area contributed by atoms with Crippen molar-refractivity contribution in [2.75, 3.05) is 12.0 Å². The number of aromatic nitrogens is 1. The Hall–Kier alpha value is -2.48. The lowest BCUT2D eigenvalue weighted by Gasteiger charge is -2.15. The van der Waals surface area contributed by atoms with Crippen molar-refractivity contribution in [3.8, 4) is 11.3 Å². The molecule has 0 fully saturated rings. The molecule has 0 spiro atoms. The van der Waals surface area contributed by atoms with Crippen molar-refractivity contribution < 1.29 is 18.8 Å². The lowest BCUT2D eigenvalue weighted by Crippen LogP contribution is -2.44. The van der Waals surface area contributed by atoms with E-state index in [0.29, 0.717) is 23.6 Å². The van der Waals surface area contributed by atoms with Gasteiger partial charge in [0.25, 0.3) is 0 Å². The quantitative estimate of drug-likeness (QED) is 0.707. The summed E-state index contributed by atoms with van der Waals surface area (Å²) in [5.41, 5.74) is 6.46. The molecule has 1 heterocycles. The molecule has 128 valence electrons. The highest BCUT2D eigenvalue weighted by molar-refractivity contribution is 7.98. The molecule has 0 aliphatic rings. The number of nitrogens with one attached hydrogen (secondary N) is 1. The fourth-order valence-electron chi connectivity index (χ4n) is 2.02. The number of urea groups is 1. The molecule has 7 nitrogen and oxygen atoms in total. The highest BCUT2D eigenvalue weighted by Crippen LogP contribution is 2.20. The van der Waals surface area contributed by atoms with Crippen molar-refractivity contribution in [3.63, 3.8) is 0 Å². The Morgan fingerprint density at radius 1 is 1.38 bits per heavy atom. The predicted molar refractivity (Wildman–Crippen MR) is 91.2 cm³/mol. The Kier molecular flexibility index (Phi) is 6.68. The van der Waals surface area contributed by atoms with Crippen molar-refractivity contribution in [1.29, 1.82) is 0 Å². The van der Waals surface area contributed by atoms with Gasteiger partial charge in [0.15, 0.2) is 5.76 Å². The number of nitrogens with two attached hydrogens (primary N) is 1. The van der Waals surface area contributed by atoms with E-state index in [2.05, 4.69) is 10.5 Å². The van der Waals surface area contributed by atoms with Gasteiger partial charge in [0.2, 0.25) is 0 Å². The molecule has 0 aliphatic carbocycles. The van der Waals surface area contributed by atoms with Gasteiger partial charge in [-0.15, -0.1) is 0 Å². The summed E-state index contributed by atoms with van der Waals surface area (Å²) in [4.78, 5) is 23.1. The summed E-state index contributed by atoms with van der Waals surface area (Å²) in [5, 5.41) is 6.27. The van der Waals surface area contributed by atoms with Crippen LogP contribution in [0.25, 0.3) is 11.3 Å². The molecule has 3 N–H and O–H groups in total. The highest BCUT2D eigenvalue weighted by atomic mass is 32.2. The van der Waals surface area contributed by atoms with Crippen molar-refractivity contribution in [3.05, 3.63) is 42.1 Å². The van der Waals surface area contributed by atoms with Crippen LogP contribution in [0.15, 0.2) is 40.9 Å². The van der Waals surface area contributed by atoms with Crippen LogP contribution >= 0.6 is 11.8 Å². The standard InChI is InChI=1S/C16H19N3O4S/c1-24-8-7-13(18-16(17)21)15(20)22-10-12-9-14(23-19-12)11-5-3-2-4-6-11/h2-6,9,13H,7-8,10H2,1H3,(H3,17,18,21)/t13-/m1/s1. The minimum atomic E-state index is -0.768. The number of amides is 2. The number of carbonyl (C=O) groups excluding carboxylic acids is 2. The maximum Gasteiger partial charge on any atom is 0.329 e. The molecule has 0 bridgehead atoms. The average molecular weight is 349 g/mol. The molecule has 0 saturated carbocycles. The van der Waals surface area contributed by atoms with Gasteiger partial charge < -0.3 is 20.3 Å². The van der Waals surface area contributed by atoms with Crippen LogP contribution in [-0.2, 0) is 16.1 Å². The number of carbonyl (C=O) groups is 2. The van der Waals surface area contributed by atoms with Gasteiger partial charge in [0.05, 0.1) is 0 Å². The van der Waals surface area contributed by atoms with E-state index in [0.717, 1.165) is 5.56 Å². The number of primary amides is 1. The number of esters is 1. The maximum absolute atomic E-state index is 12.1. The SMILES string of the molecule is CSCC[C@@H](NC(N)=O)C(=O)OCc1cc(-c2ccccc2)on1. The van der Waals surface area contributed by atoms with Crippen molar-refractivity contribution in [1.82, 2.24) is 10.5 Å². The average Bonchev–Trinajstić information content (AvgIpc) is 3.06. The van der Waals surface area contributed by atoms with E-state index in [1.165, 1.54) is 0 Å². The number of ether oxygens (including phenoxy) is 1. The minimum absolute atomic E-state index is 0.0363. The molecule has 2 aromatic rings. The van der Waals surface area contributed by atoms with E-state index in [1.54, 1.807) is 17.8 Å². The largest absolute Gasteiger partial charge is 0.458 e. The maximum atomic E-state index is 12.1. The zero-order chi connectivity index (χ0) is 17.4. The summed E-state index contributed by atoms with van der Waals surface area (Å²) in [5.74, 6) is 0.741. The molecule has 0 radical (unpaired) electrons. The van der Waals surface area contributed by atoms with E-state index in [4.69, 9.17) is 15.0 Å². The molecule has 1 atom stereocenters. The zero-order valence-electron chi connectivity index (χ0n) is 13.2. The molecular formula is C16H19N3O4S. The molecule has 2 rings (SSSR count). The Labute approximate surface area is 143 Å². The van der Waals surface area contributed by atoms with Crippen LogP contribution in [-0.4, -0.2) is 35.2 Å². The van der Waals surface area contributed by atoms with Gasteiger partial charge in [-0.05, 0) is 18.4 Å². The summed E-state index contributed by atoms with van der Waals surface area (Å²) in [6, 6.07) is 9.66. The smallest absolute Gasteiger partial charge is 0.329 e. The number of hydrogen-bond donors (Lipinski definition) is 2. The second-order valence-corrected chi connectivity index (χ2v) is 5.98. The third-order valence-electron chi connectivity index (χ3n) is 3.19. The summed E-state index contributed by atoms with van der Waals surface area (Å²) in [7, 11) is 0. The lowest BCUT2D eigenvalue weighted by molar-refractivity contribution is -0.147. The second kappa shape index (κ2) is 8.97. The van der Waals surface area contributed by atoms with Gasteiger partial charge in [0, 0.05) is 11.6 Å². The van der Waals surface area contributed by atoms with Crippen LogP contribution in [0.1, 0.15) is 12.1 Å². The van der Waals surface area contributed by atoms with Crippen LogP contribution in [0.5, 0.6) is 0 Å². The van der Waals surface area contributed by atoms with E-state index in [9.17, 15) is 9.59 Å². The molecule has 24 heavy (non-hydrogen) atoms. The first-order chi connectivity index (χ1) is 11.6. The molecule has 1 aromatic heterocycles. The first-order valence-electron chi connectivity index (χ1n) is 7.32. The first kappa shape index (κ1) is 17.9.